The van der Waals surface area contributed by atoms with Gasteiger partial charge in [0.2, 0.25) is 0 Å². The van der Waals surface area contributed by atoms with E-state index in [9.17, 15) is 9.90 Å². The molecule has 1 aromatic carbocycles. The molecule has 2 aromatic heterocycles. The normalized spacial score (nSPS) is 11.3. The lowest BCUT2D eigenvalue weighted by molar-refractivity contribution is 0.0692. The van der Waals surface area contributed by atoms with Crippen molar-refractivity contribution in [3.8, 4) is 20.9 Å². The number of benzene rings is 1. The third-order valence-electron chi connectivity index (χ3n) is 5.82. The molecule has 6 heteroatoms. The molecule has 0 unspecified atom stereocenters. The summed E-state index contributed by atoms with van der Waals surface area (Å²) in [5.41, 5.74) is -0.706. The Bertz CT molecular complexity index is 1070. The highest BCUT2D eigenvalue weighted by molar-refractivity contribution is 7.15. The van der Waals surface area contributed by atoms with E-state index in [4.69, 9.17) is 0 Å². The van der Waals surface area contributed by atoms with Crippen molar-refractivity contribution in [2.75, 3.05) is 0 Å². The van der Waals surface area contributed by atoms with Gasteiger partial charge in [-0.05, 0) is 56.0 Å². The number of carboxylic acids is 1. The van der Waals surface area contributed by atoms with E-state index in [0.717, 1.165) is 67.2 Å². The van der Waals surface area contributed by atoms with Crippen molar-refractivity contribution in [3.05, 3.63) is 57.3 Å². The molecule has 0 aliphatic heterocycles. The number of carboxylic acid groups (broad SMARTS) is 1. The summed E-state index contributed by atoms with van der Waals surface area (Å²) in [6.45, 7) is 4.32. The van der Waals surface area contributed by atoms with Gasteiger partial charge in [0.15, 0.2) is 0 Å². The number of aryl methyl sites for hydroxylation is 2. The Balaban J connectivity index is 1.88. The second kappa shape index (κ2) is 12.4. The van der Waals surface area contributed by atoms with Crippen molar-refractivity contribution >= 4 is 28.6 Å². The highest BCUT2D eigenvalue weighted by Crippen LogP contribution is 2.40. The Morgan fingerprint density at radius 1 is 0.818 bits per heavy atom. The Morgan fingerprint density at radius 3 is 1.91 bits per heavy atom. The van der Waals surface area contributed by atoms with Gasteiger partial charge in [-0.25, -0.2) is 13.6 Å². The molecule has 2 heterocycles. The van der Waals surface area contributed by atoms with Crippen LogP contribution in [0.5, 0.6) is 0 Å². The molecule has 2 nitrogen and oxygen atoms in total. The second-order valence-electron chi connectivity index (χ2n) is 8.43. The maximum atomic E-state index is 15.5. The first-order valence-electron chi connectivity index (χ1n) is 11.9. The minimum atomic E-state index is -1.45. The lowest BCUT2D eigenvalue weighted by Crippen LogP contribution is -2.07. The topological polar surface area (TPSA) is 37.3 Å². The molecule has 0 radical (unpaired) electrons. The van der Waals surface area contributed by atoms with E-state index >= 15 is 8.78 Å². The summed E-state index contributed by atoms with van der Waals surface area (Å²) in [6, 6.07) is 8.46. The lowest BCUT2D eigenvalue weighted by Gasteiger charge is -2.11. The molecule has 33 heavy (non-hydrogen) atoms. The van der Waals surface area contributed by atoms with Crippen LogP contribution in [-0.4, -0.2) is 11.1 Å². The molecule has 178 valence electrons. The van der Waals surface area contributed by atoms with Crippen LogP contribution in [-0.2, 0) is 12.8 Å². The fourth-order valence-electron chi connectivity index (χ4n) is 4.00. The average Bonchev–Trinajstić information content (AvgIpc) is 3.45. The SMILES string of the molecule is CCCCCCc1ccc(-c2cc(F)c(-c3ccc(CCCCCC)s3)c(C(=O)O)c2F)s1. The number of hydrogen-bond acceptors (Lipinski definition) is 3. The molecule has 0 spiro atoms. The van der Waals surface area contributed by atoms with Crippen LogP contribution < -0.4 is 0 Å². The van der Waals surface area contributed by atoms with Crippen LogP contribution in [0, 0.1) is 11.6 Å². The van der Waals surface area contributed by atoms with Gasteiger partial charge < -0.3 is 5.11 Å². The number of carbonyl (C=O) groups is 1. The average molecular weight is 491 g/mol. The van der Waals surface area contributed by atoms with Gasteiger partial charge >= 0.3 is 5.97 Å². The van der Waals surface area contributed by atoms with Crippen LogP contribution in [0.15, 0.2) is 30.3 Å². The van der Waals surface area contributed by atoms with Crippen LogP contribution >= 0.6 is 22.7 Å². The van der Waals surface area contributed by atoms with Gasteiger partial charge in [-0.2, -0.15) is 0 Å². The fourth-order valence-corrected chi connectivity index (χ4v) is 6.16. The van der Waals surface area contributed by atoms with Gasteiger partial charge in [-0.3, -0.25) is 0 Å². The zero-order valence-electron chi connectivity index (χ0n) is 19.4. The predicted molar refractivity (Wildman–Crippen MR) is 136 cm³/mol. The summed E-state index contributed by atoms with van der Waals surface area (Å²) in [5, 5.41) is 9.78. The zero-order valence-corrected chi connectivity index (χ0v) is 21.0. The van der Waals surface area contributed by atoms with Crippen LogP contribution in [0.25, 0.3) is 20.9 Å². The van der Waals surface area contributed by atoms with E-state index in [-0.39, 0.29) is 11.1 Å². The van der Waals surface area contributed by atoms with E-state index in [1.807, 2.05) is 12.1 Å². The standard InChI is InChI=1S/C27H32F2O2S2/c1-3-5-7-9-11-18-13-15-22(32-18)20-17-21(28)24(25(26(20)29)27(30)31)23-16-14-19(33-23)12-10-8-6-4-2/h13-17H,3-12H2,1-2H3,(H,30,31). The van der Waals surface area contributed by atoms with Gasteiger partial charge in [-0.15, -0.1) is 22.7 Å². The number of hydrogen-bond donors (Lipinski definition) is 1. The Hall–Kier alpha value is -2.05. The van der Waals surface area contributed by atoms with Crippen LogP contribution in [0.4, 0.5) is 8.78 Å². The summed E-state index contributed by atoms with van der Waals surface area (Å²) in [4.78, 5) is 15.2. The third kappa shape index (κ3) is 6.51. The van der Waals surface area contributed by atoms with E-state index in [2.05, 4.69) is 13.8 Å². The molecule has 3 rings (SSSR count). The Morgan fingerprint density at radius 2 is 1.36 bits per heavy atom. The van der Waals surface area contributed by atoms with E-state index in [0.29, 0.717) is 9.75 Å². The summed E-state index contributed by atoms with van der Waals surface area (Å²) in [6.07, 6.45) is 10.8. The van der Waals surface area contributed by atoms with Crippen molar-refractivity contribution in [2.45, 2.75) is 78.1 Å². The van der Waals surface area contributed by atoms with Gasteiger partial charge in [0.25, 0.3) is 0 Å². The van der Waals surface area contributed by atoms with Crippen molar-refractivity contribution < 1.29 is 18.7 Å². The highest BCUT2D eigenvalue weighted by atomic mass is 32.1. The third-order valence-corrected chi connectivity index (χ3v) is 8.16. The summed E-state index contributed by atoms with van der Waals surface area (Å²) in [5.74, 6) is -3.00. The number of halogens is 2. The van der Waals surface area contributed by atoms with Crippen molar-refractivity contribution in [1.82, 2.24) is 0 Å². The van der Waals surface area contributed by atoms with Crippen LogP contribution in [0.3, 0.4) is 0 Å². The Kier molecular flexibility index (Phi) is 9.63. The monoisotopic (exact) mass is 490 g/mol. The quantitative estimate of drug-likeness (QED) is 0.242. The molecule has 0 fully saturated rings. The number of thiophene rings is 2. The Labute approximate surface area is 203 Å². The molecule has 0 aliphatic rings. The van der Waals surface area contributed by atoms with E-state index in [1.165, 1.54) is 35.5 Å². The predicted octanol–water partition coefficient (Wildman–Crippen LogP) is 9.37. The first-order valence-corrected chi connectivity index (χ1v) is 13.5. The molecular weight excluding hydrogens is 458 g/mol. The number of aromatic carboxylic acids is 1. The smallest absolute Gasteiger partial charge is 0.339 e. The van der Waals surface area contributed by atoms with Gasteiger partial charge in [-0.1, -0.05) is 52.4 Å². The molecule has 0 bridgehead atoms. The maximum absolute atomic E-state index is 15.5. The second-order valence-corrected chi connectivity index (χ2v) is 10.8. The molecule has 0 saturated heterocycles. The van der Waals surface area contributed by atoms with Crippen molar-refractivity contribution in [2.24, 2.45) is 0 Å². The van der Waals surface area contributed by atoms with E-state index < -0.39 is 23.2 Å². The lowest BCUT2D eigenvalue weighted by atomic mass is 9.99. The first-order chi connectivity index (χ1) is 16.0. The highest BCUT2D eigenvalue weighted by Gasteiger charge is 2.26. The minimum Gasteiger partial charge on any atom is -0.478 e. The molecular formula is C27H32F2O2S2. The summed E-state index contributed by atoms with van der Waals surface area (Å²) < 4.78 is 30.7. The molecule has 0 amide bonds. The molecule has 1 N–H and O–H groups in total. The zero-order chi connectivity index (χ0) is 23.8. The van der Waals surface area contributed by atoms with Crippen LogP contribution in [0.1, 0.15) is 85.3 Å². The summed E-state index contributed by atoms with van der Waals surface area (Å²) in [7, 11) is 0. The van der Waals surface area contributed by atoms with Gasteiger partial charge in [0.1, 0.15) is 17.2 Å². The molecule has 0 atom stereocenters. The van der Waals surface area contributed by atoms with Crippen molar-refractivity contribution in [1.29, 1.82) is 0 Å². The summed E-state index contributed by atoms with van der Waals surface area (Å²) >= 11 is 2.76. The largest absolute Gasteiger partial charge is 0.478 e. The number of rotatable bonds is 13. The van der Waals surface area contributed by atoms with Gasteiger partial charge in [0, 0.05) is 30.6 Å². The van der Waals surface area contributed by atoms with E-state index in [1.54, 1.807) is 12.1 Å². The molecule has 0 saturated carbocycles. The van der Waals surface area contributed by atoms with Gasteiger partial charge in [0.05, 0.1) is 0 Å². The van der Waals surface area contributed by atoms with Crippen molar-refractivity contribution in [3.63, 3.8) is 0 Å². The van der Waals surface area contributed by atoms with Crippen LogP contribution in [0.2, 0.25) is 0 Å². The first kappa shape index (κ1) is 25.6. The minimum absolute atomic E-state index is 0.0230. The number of unbranched alkanes of at least 4 members (excludes halogenated alkanes) is 6. The maximum Gasteiger partial charge on any atom is 0.339 e. The molecule has 3 aromatic rings. The molecule has 0 aliphatic carbocycles. The fraction of sp³-hybridized carbons (Fsp3) is 0.444.